The predicted molar refractivity (Wildman–Crippen MR) is 95.9 cm³/mol. The number of likely N-dealkylation sites (tertiary alicyclic amines) is 1. The zero-order valence-corrected chi connectivity index (χ0v) is 14.6. The molecule has 0 unspecified atom stereocenters. The van der Waals surface area contributed by atoms with E-state index in [1.54, 1.807) is 6.20 Å². The highest BCUT2D eigenvalue weighted by Crippen LogP contribution is 2.22. The van der Waals surface area contributed by atoms with Crippen molar-refractivity contribution in [3.63, 3.8) is 0 Å². The smallest absolute Gasteiger partial charge is 0.225 e. The standard InChI is InChI=1S/C19H24N4O2/c1-15-9-10-17(18(22-24)23-12-6-2-3-7-13-23)19(21-15)25-14-16-8-4-5-11-20-16/h4-5,8-11,24H,2-3,6-7,12-14H2,1H3/b22-18-. The molecule has 0 aromatic carbocycles. The van der Waals surface area contributed by atoms with Crippen molar-refractivity contribution in [2.45, 2.75) is 39.2 Å². The van der Waals surface area contributed by atoms with Gasteiger partial charge in [-0.3, -0.25) is 4.98 Å². The number of pyridine rings is 2. The van der Waals surface area contributed by atoms with Gasteiger partial charge >= 0.3 is 0 Å². The molecule has 132 valence electrons. The third kappa shape index (κ3) is 4.47. The summed E-state index contributed by atoms with van der Waals surface area (Å²) in [6, 6.07) is 9.52. The second-order valence-electron chi connectivity index (χ2n) is 6.24. The number of hydrogen-bond donors (Lipinski definition) is 1. The minimum absolute atomic E-state index is 0.322. The molecule has 25 heavy (non-hydrogen) atoms. The van der Waals surface area contributed by atoms with Crippen LogP contribution in [-0.2, 0) is 6.61 Å². The highest BCUT2D eigenvalue weighted by molar-refractivity contribution is 6.00. The van der Waals surface area contributed by atoms with Crippen LogP contribution in [0.15, 0.2) is 41.7 Å². The van der Waals surface area contributed by atoms with Crippen molar-refractivity contribution < 1.29 is 9.94 Å². The molecule has 0 bridgehead atoms. The summed E-state index contributed by atoms with van der Waals surface area (Å²) in [6.45, 7) is 4.00. The first-order valence-corrected chi connectivity index (χ1v) is 8.75. The number of hydrogen-bond acceptors (Lipinski definition) is 5. The first-order valence-electron chi connectivity index (χ1n) is 8.75. The van der Waals surface area contributed by atoms with Crippen LogP contribution in [0.2, 0.25) is 0 Å². The molecule has 0 atom stereocenters. The largest absolute Gasteiger partial charge is 0.471 e. The summed E-state index contributed by atoms with van der Waals surface area (Å²) in [7, 11) is 0. The topological polar surface area (TPSA) is 70.8 Å². The van der Waals surface area contributed by atoms with Crippen molar-refractivity contribution in [3.8, 4) is 5.88 Å². The Morgan fingerprint density at radius 3 is 2.64 bits per heavy atom. The van der Waals surface area contributed by atoms with Crippen molar-refractivity contribution >= 4 is 5.84 Å². The molecule has 0 saturated carbocycles. The molecule has 2 aromatic rings. The van der Waals surface area contributed by atoms with Crippen LogP contribution < -0.4 is 4.74 Å². The lowest BCUT2D eigenvalue weighted by atomic mass is 10.2. The molecule has 1 aliphatic rings. The molecule has 1 N–H and O–H groups in total. The van der Waals surface area contributed by atoms with Gasteiger partial charge in [-0.25, -0.2) is 4.98 Å². The maximum Gasteiger partial charge on any atom is 0.225 e. The lowest BCUT2D eigenvalue weighted by Gasteiger charge is -2.24. The second kappa shape index (κ2) is 8.46. The fourth-order valence-corrected chi connectivity index (χ4v) is 3.01. The van der Waals surface area contributed by atoms with Gasteiger partial charge in [-0.2, -0.15) is 0 Å². The highest BCUT2D eigenvalue weighted by Gasteiger charge is 2.21. The van der Waals surface area contributed by atoms with E-state index in [2.05, 4.69) is 20.0 Å². The number of oxime groups is 1. The molecule has 0 radical (unpaired) electrons. The van der Waals surface area contributed by atoms with Crippen molar-refractivity contribution in [1.29, 1.82) is 0 Å². The normalized spacial score (nSPS) is 15.7. The van der Waals surface area contributed by atoms with E-state index in [4.69, 9.17) is 4.74 Å². The van der Waals surface area contributed by atoms with E-state index in [-0.39, 0.29) is 0 Å². The molecule has 1 fully saturated rings. The molecule has 0 aliphatic carbocycles. The Morgan fingerprint density at radius 2 is 1.96 bits per heavy atom. The summed E-state index contributed by atoms with van der Waals surface area (Å²) >= 11 is 0. The fraction of sp³-hybridized carbons (Fsp3) is 0.421. The fourth-order valence-electron chi connectivity index (χ4n) is 3.01. The van der Waals surface area contributed by atoms with Gasteiger partial charge in [0, 0.05) is 25.0 Å². The lowest BCUT2D eigenvalue weighted by Crippen LogP contribution is -2.33. The van der Waals surface area contributed by atoms with E-state index < -0.39 is 0 Å². The SMILES string of the molecule is Cc1ccc(/C(=N/O)N2CCCCCC2)c(OCc2ccccn2)n1. The van der Waals surface area contributed by atoms with Crippen LogP contribution in [0.3, 0.4) is 0 Å². The van der Waals surface area contributed by atoms with Gasteiger partial charge in [-0.15, -0.1) is 0 Å². The van der Waals surface area contributed by atoms with Crippen molar-refractivity contribution in [3.05, 3.63) is 53.5 Å². The minimum Gasteiger partial charge on any atom is -0.471 e. The number of rotatable bonds is 4. The molecule has 3 rings (SSSR count). The van der Waals surface area contributed by atoms with E-state index in [1.165, 1.54) is 12.8 Å². The summed E-state index contributed by atoms with van der Waals surface area (Å²) in [4.78, 5) is 10.9. The number of ether oxygens (including phenoxy) is 1. The third-order valence-corrected chi connectivity index (χ3v) is 4.32. The van der Waals surface area contributed by atoms with Crippen molar-refractivity contribution in [2.24, 2.45) is 5.16 Å². The number of aromatic nitrogens is 2. The van der Waals surface area contributed by atoms with Crippen LogP contribution in [-0.4, -0.2) is 39.0 Å². The highest BCUT2D eigenvalue weighted by atomic mass is 16.5. The van der Waals surface area contributed by atoms with E-state index in [9.17, 15) is 5.21 Å². The average molecular weight is 340 g/mol. The first-order chi connectivity index (χ1) is 12.3. The molecule has 0 amide bonds. The summed E-state index contributed by atoms with van der Waals surface area (Å²) in [5.41, 5.74) is 2.40. The molecule has 3 heterocycles. The third-order valence-electron chi connectivity index (χ3n) is 4.32. The molecule has 2 aromatic heterocycles. The number of amidine groups is 1. The van der Waals surface area contributed by atoms with Crippen molar-refractivity contribution in [1.82, 2.24) is 14.9 Å². The summed E-state index contributed by atoms with van der Waals surface area (Å²) in [6.07, 6.45) is 6.36. The predicted octanol–water partition coefficient (Wildman–Crippen LogP) is 3.38. The number of nitrogens with zero attached hydrogens (tertiary/aromatic N) is 4. The molecule has 0 spiro atoms. The Labute approximate surface area is 148 Å². The Kier molecular flexibility index (Phi) is 5.82. The van der Waals surface area contributed by atoms with Crippen LogP contribution in [0, 0.1) is 6.92 Å². The monoisotopic (exact) mass is 340 g/mol. The quantitative estimate of drug-likeness (QED) is 0.400. The molecule has 6 nitrogen and oxygen atoms in total. The van der Waals surface area contributed by atoms with Gasteiger partial charge in [0.2, 0.25) is 5.88 Å². The first kappa shape index (κ1) is 17.2. The van der Waals surface area contributed by atoms with Gasteiger partial charge in [0.25, 0.3) is 0 Å². The molecular formula is C19H24N4O2. The summed E-state index contributed by atoms with van der Waals surface area (Å²) in [5, 5.41) is 13.2. The zero-order valence-electron chi connectivity index (χ0n) is 14.6. The van der Waals surface area contributed by atoms with Crippen molar-refractivity contribution in [2.75, 3.05) is 13.1 Å². The maximum atomic E-state index is 9.65. The Bertz CT molecular complexity index is 711. The molecule has 1 saturated heterocycles. The lowest BCUT2D eigenvalue weighted by molar-refractivity contribution is 0.282. The second-order valence-corrected chi connectivity index (χ2v) is 6.24. The van der Waals surface area contributed by atoms with E-state index >= 15 is 0 Å². The summed E-state index contributed by atoms with van der Waals surface area (Å²) < 4.78 is 5.92. The average Bonchev–Trinajstić information content (AvgIpc) is 2.92. The van der Waals surface area contributed by atoms with Crippen LogP contribution in [0.25, 0.3) is 0 Å². The van der Waals surface area contributed by atoms with Crippen LogP contribution in [0.4, 0.5) is 0 Å². The van der Waals surface area contributed by atoms with E-state index in [1.807, 2.05) is 37.3 Å². The van der Waals surface area contributed by atoms with Gasteiger partial charge in [0.1, 0.15) is 6.61 Å². The molecule has 6 heteroatoms. The van der Waals surface area contributed by atoms with Gasteiger partial charge in [0.05, 0.1) is 11.3 Å². The Hall–Kier alpha value is -2.63. The Morgan fingerprint density at radius 1 is 1.16 bits per heavy atom. The zero-order chi connectivity index (χ0) is 17.5. The van der Waals surface area contributed by atoms with Crippen LogP contribution in [0.1, 0.15) is 42.6 Å². The van der Waals surface area contributed by atoms with Gasteiger partial charge in [0.15, 0.2) is 5.84 Å². The minimum atomic E-state index is 0.322. The van der Waals surface area contributed by atoms with Crippen LogP contribution >= 0.6 is 0 Å². The van der Waals surface area contributed by atoms with Crippen LogP contribution in [0.5, 0.6) is 5.88 Å². The summed E-state index contributed by atoms with van der Waals surface area (Å²) in [5.74, 6) is 1.01. The van der Waals surface area contributed by atoms with Gasteiger partial charge in [-0.05, 0) is 44.0 Å². The molecular weight excluding hydrogens is 316 g/mol. The molecule has 1 aliphatic heterocycles. The van der Waals surface area contributed by atoms with E-state index in [0.717, 1.165) is 37.3 Å². The van der Waals surface area contributed by atoms with E-state index in [0.29, 0.717) is 23.9 Å². The number of aryl methyl sites for hydroxylation is 1. The van der Waals surface area contributed by atoms with Gasteiger partial charge in [-0.1, -0.05) is 24.1 Å². The Balaban J connectivity index is 1.84. The van der Waals surface area contributed by atoms with Gasteiger partial charge < -0.3 is 14.8 Å². The maximum absolute atomic E-state index is 9.65.